The summed E-state index contributed by atoms with van der Waals surface area (Å²) >= 11 is 6.36. The summed E-state index contributed by atoms with van der Waals surface area (Å²) in [5.41, 5.74) is 1.74. The minimum atomic E-state index is -4.58. The van der Waals surface area contributed by atoms with Crippen LogP contribution in [0.3, 0.4) is 0 Å². The third kappa shape index (κ3) is 5.65. The Morgan fingerprint density at radius 3 is 2.62 bits per heavy atom. The van der Waals surface area contributed by atoms with Crippen molar-refractivity contribution >= 4 is 46.3 Å². The highest BCUT2D eigenvalue weighted by atomic mass is 35.5. The van der Waals surface area contributed by atoms with Crippen molar-refractivity contribution in [2.75, 3.05) is 16.0 Å². The lowest BCUT2D eigenvalue weighted by Crippen LogP contribution is -2.16. The number of para-hydroxylation sites is 1. The highest BCUT2D eigenvalue weighted by Gasteiger charge is 2.35. The molecular formula is C28H24ClF3N6O. The molecule has 0 saturated heterocycles. The summed E-state index contributed by atoms with van der Waals surface area (Å²) in [4.78, 5) is 24.8. The molecule has 0 saturated carbocycles. The number of aromatic nitrogens is 3. The van der Waals surface area contributed by atoms with Gasteiger partial charge in [0.2, 0.25) is 11.9 Å². The van der Waals surface area contributed by atoms with Crippen LogP contribution < -0.4 is 16.0 Å². The lowest BCUT2D eigenvalue weighted by molar-refractivity contribution is -0.137. The lowest BCUT2D eigenvalue weighted by atomic mass is 9.80. The van der Waals surface area contributed by atoms with Gasteiger partial charge < -0.3 is 16.0 Å². The normalized spacial score (nSPS) is 14.7. The van der Waals surface area contributed by atoms with Crippen molar-refractivity contribution in [1.29, 1.82) is 0 Å². The van der Waals surface area contributed by atoms with Gasteiger partial charge in [0.05, 0.1) is 17.5 Å². The number of anilines is 5. The summed E-state index contributed by atoms with van der Waals surface area (Å²) < 4.78 is 41.0. The molecule has 7 nitrogen and oxygen atoms in total. The van der Waals surface area contributed by atoms with Crippen molar-refractivity contribution < 1.29 is 18.0 Å². The molecule has 0 aliphatic carbocycles. The van der Waals surface area contributed by atoms with Crippen molar-refractivity contribution in [1.82, 2.24) is 15.0 Å². The van der Waals surface area contributed by atoms with Crippen LogP contribution in [-0.4, -0.2) is 20.9 Å². The molecule has 0 radical (unpaired) electrons. The van der Waals surface area contributed by atoms with Crippen LogP contribution in [0.25, 0.3) is 11.3 Å². The first-order valence-corrected chi connectivity index (χ1v) is 12.5. The van der Waals surface area contributed by atoms with E-state index in [1.165, 1.54) is 18.5 Å². The first-order valence-electron chi connectivity index (χ1n) is 12.1. The highest BCUT2D eigenvalue weighted by Crippen LogP contribution is 2.40. The number of pyridine rings is 1. The number of carbonyl (C=O) groups is 1. The number of amides is 1. The summed E-state index contributed by atoms with van der Waals surface area (Å²) in [6.45, 7) is 4.17. The van der Waals surface area contributed by atoms with Crippen molar-refractivity contribution in [2.24, 2.45) is 0 Å². The molecule has 0 bridgehead atoms. The number of halogens is 4. The van der Waals surface area contributed by atoms with Gasteiger partial charge >= 0.3 is 6.18 Å². The third-order valence-electron chi connectivity index (χ3n) is 6.55. The molecule has 2 aromatic heterocycles. The molecule has 0 atom stereocenters. The van der Waals surface area contributed by atoms with E-state index in [4.69, 9.17) is 11.6 Å². The van der Waals surface area contributed by atoms with E-state index in [1.54, 1.807) is 30.3 Å². The monoisotopic (exact) mass is 552 g/mol. The zero-order valence-corrected chi connectivity index (χ0v) is 21.8. The Bertz CT molecular complexity index is 1560. The Labute approximate surface area is 227 Å². The van der Waals surface area contributed by atoms with Gasteiger partial charge in [0.1, 0.15) is 5.02 Å². The third-order valence-corrected chi connectivity index (χ3v) is 6.83. The highest BCUT2D eigenvalue weighted by molar-refractivity contribution is 6.33. The zero-order chi connectivity index (χ0) is 27.8. The smallest absolute Gasteiger partial charge is 0.338 e. The molecule has 3 heterocycles. The number of nitrogens with one attached hydrogen (secondary N) is 3. The average Bonchev–Trinajstić information content (AvgIpc) is 3.01. The van der Waals surface area contributed by atoms with Gasteiger partial charge in [-0.2, -0.15) is 18.2 Å². The maximum absolute atomic E-state index is 13.7. The molecule has 4 aromatic rings. The maximum Gasteiger partial charge on any atom is 0.418 e. The van der Waals surface area contributed by atoms with Crippen molar-refractivity contribution in [2.45, 2.75) is 38.3 Å². The molecule has 200 valence electrons. The van der Waals surface area contributed by atoms with Gasteiger partial charge in [0.25, 0.3) is 0 Å². The molecule has 11 heteroatoms. The molecule has 2 aromatic carbocycles. The Morgan fingerprint density at radius 2 is 1.82 bits per heavy atom. The van der Waals surface area contributed by atoms with Crippen LogP contribution in [0.15, 0.2) is 67.0 Å². The second-order valence-electron chi connectivity index (χ2n) is 9.78. The number of rotatable bonds is 5. The van der Waals surface area contributed by atoms with Crippen molar-refractivity contribution in [3.8, 4) is 11.3 Å². The van der Waals surface area contributed by atoms with Crippen LogP contribution in [0.5, 0.6) is 0 Å². The summed E-state index contributed by atoms with van der Waals surface area (Å²) in [6.07, 6.45) is -0.728. The second kappa shape index (κ2) is 10.2. The minimum absolute atomic E-state index is 0.0207. The number of carbonyl (C=O) groups excluding carboxylic acids is 1. The Balaban J connectivity index is 1.46. The zero-order valence-electron chi connectivity index (χ0n) is 21.0. The van der Waals surface area contributed by atoms with E-state index in [0.29, 0.717) is 24.2 Å². The van der Waals surface area contributed by atoms with E-state index in [2.05, 4.69) is 44.7 Å². The minimum Gasteiger partial charge on any atom is -0.338 e. The Kier molecular flexibility index (Phi) is 6.90. The van der Waals surface area contributed by atoms with E-state index < -0.39 is 11.7 Å². The number of nitrogens with zero attached hydrogens (tertiary/aromatic N) is 3. The predicted molar refractivity (Wildman–Crippen MR) is 146 cm³/mol. The topological polar surface area (TPSA) is 91.8 Å². The molecule has 1 aliphatic rings. The molecule has 0 spiro atoms. The van der Waals surface area contributed by atoms with Gasteiger partial charge in [-0.15, -0.1) is 0 Å². The molecule has 1 aliphatic heterocycles. The van der Waals surface area contributed by atoms with E-state index in [0.717, 1.165) is 17.3 Å². The molecule has 0 fully saturated rings. The summed E-state index contributed by atoms with van der Waals surface area (Å²) in [5.74, 6) is 0.407. The number of hydrogen-bond acceptors (Lipinski definition) is 6. The van der Waals surface area contributed by atoms with Gasteiger partial charge in [0.15, 0.2) is 5.82 Å². The van der Waals surface area contributed by atoms with Gasteiger partial charge in [0, 0.05) is 35.2 Å². The summed E-state index contributed by atoms with van der Waals surface area (Å²) in [6, 6.07) is 14.3. The predicted octanol–water partition coefficient (Wildman–Crippen LogP) is 7.71. The standard InChI is InChI=1S/C28H24ClF3N6O/c1-27(2)12-11-23(39)36-22-10-9-16(14-19(22)27)35-26-34-15-20(29)25(38-26)37-21-8-4-3-6-17(21)24-18(28(30,31)32)7-5-13-33-24/h3-10,13-15H,11-12H2,1-2H3,(H,36,39)(H2,34,35,37,38). The SMILES string of the molecule is CC1(C)CCC(=O)Nc2ccc(Nc3ncc(Cl)c(Nc4ccccc4-c4ncccc4C(F)(F)F)n3)cc21. The molecular weight excluding hydrogens is 529 g/mol. The van der Waals surface area contributed by atoms with Crippen LogP contribution in [0.1, 0.15) is 37.8 Å². The van der Waals surface area contributed by atoms with Gasteiger partial charge in [-0.05, 0) is 53.8 Å². The van der Waals surface area contributed by atoms with Gasteiger partial charge in [-0.3, -0.25) is 9.78 Å². The van der Waals surface area contributed by atoms with Gasteiger partial charge in [-0.1, -0.05) is 43.6 Å². The average molecular weight is 553 g/mol. The number of alkyl halides is 3. The summed E-state index contributed by atoms with van der Waals surface area (Å²) in [7, 11) is 0. The van der Waals surface area contributed by atoms with Crippen LogP contribution in [-0.2, 0) is 16.4 Å². The van der Waals surface area contributed by atoms with E-state index >= 15 is 0 Å². The number of fused-ring (bicyclic) bond motifs is 1. The fourth-order valence-electron chi connectivity index (χ4n) is 4.48. The van der Waals surface area contributed by atoms with Crippen molar-refractivity contribution in [3.63, 3.8) is 0 Å². The second-order valence-corrected chi connectivity index (χ2v) is 10.2. The van der Waals surface area contributed by atoms with E-state index in [1.807, 2.05) is 12.1 Å². The Hall–Kier alpha value is -4.18. The molecule has 39 heavy (non-hydrogen) atoms. The summed E-state index contributed by atoms with van der Waals surface area (Å²) in [5, 5.41) is 9.32. The molecule has 0 unspecified atom stereocenters. The fraction of sp³-hybridized carbons (Fsp3) is 0.214. The largest absolute Gasteiger partial charge is 0.418 e. The fourth-order valence-corrected chi connectivity index (χ4v) is 4.62. The quantitative estimate of drug-likeness (QED) is 0.235. The first-order chi connectivity index (χ1) is 18.5. The van der Waals surface area contributed by atoms with Crippen LogP contribution >= 0.6 is 11.6 Å². The van der Waals surface area contributed by atoms with Gasteiger partial charge in [-0.25, -0.2) is 4.98 Å². The first kappa shape index (κ1) is 26.4. The molecule has 3 N–H and O–H groups in total. The molecule has 5 rings (SSSR count). The van der Waals surface area contributed by atoms with Crippen LogP contribution in [0, 0.1) is 0 Å². The van der Waals surface area contributed by atoms with E-state index in [9.17, 15) is 18.0 Å². The maximum atomic E-state index is 13.7. The Morgan fingerprint density at radius 1 is 1.03 bits per heavy atom. The lowest BCUT2D eigenvalue weighted by Gasteiger charge is -2.25. The molecule has 1 amide bonds. The number of benzene rings is 2. The van der Waals surface area contributed by atoms with E-state index in [-0.39, 0.29) is 39.4 Å². The van der Waals surface area contributed by atoms with Crippen LogP contribution in [0.2, 0.25) is 5.02 Å². The van der Waals surface area contributed by atoms with Crippen LogP contribution in [0.4, 0.5) is 42.0 Å². The number of hydrogen-bond donors (Lipinski definition) is 3. The van der Waals surface area contributed by atoms with Crippen molar-refractivity contribution in [3.05, 3.63) is 83.1 Å².